The molecule has 0 aliphatic rings. The number of benzene rings is 2. The summed E-state index contributed by atoms with van der Waals surface area (Å²) in [6.45, 7) is 0. The molecule has 0 unspecified atom stereocenters. The van der Waals surface area contributed by atoms with Crippen LogP contribution in [0.25, 0.3) is 0 Å². The van der Waals surface area contributed by atoms with Crippen LogP contribution < -0.4 is 15.9 Å². The fraction of sp³-hybridized carbons (Fsp3) is 0. The van der Waals surface area contributed by atoms with Crippen LogP contribution in [-0.4, -0.2) is 4.98 Å². The predicted molar refractivity (Wildman–Crippen MR) is 98.0 cm³/mol. The molecule has 0 amide bonds. The van der Waals surface area contributed by atoms with Crippen molar-refractivity contribution in [3.8, 4) is 0 Å². The summed E-state index contributed by atoms with van der Waals surface area (Å²) in [7, 11) is 0. The quantitative estimate of drug-likeness (QED) is 0.513. The molecular weight excluding hydrogens is 361 g/mol. The number of aromatic nitrogens is 1. The van der Waals surface area contributed by atoms with Gasteiger partial charge in [0.1, 0.15) is 4.60 Å². The van der Waals surface area contributed by atoms with Gasteiger partial charge >= 0.3 is 0 Å². The van der Waals surface area contributed by atoms with E-state index in [0.29, 0.717) is 0 Å². The molecule has 3 aromatic rings. The van der Waals surface area contributed by atoms with E-state index in [2.05, 4.69) is 51.2 Å². The Kier molecular flexibility index (Phi) is 4.34. The minimum absolute atomic E-state index is 0.828. The monoisotopic (exact) mass is 373 g/mol. The lowest BCUT2D eigenvalue weighted by atomic mass is 10.4. The fourth-order valence-corrected chi connectivity index (χ4v) is 6.15. The van der Waals surface area contributed by atoms with Crippen molar-refractivity contribution in [3.63, 3.8) is 0 Å². The molecule has 1 aromatic heterocycles. The normalized spacial score (nSPS) is 11.3. The smallest absolute Gasteiger partial charge is 0.106 e. The highest BCUT2D eigenvalue weighted by atomic mass is 79.9. The van der Waals surface area contributed by atoms with Crippen LogP contribution in [0.2, 0.25) is 0 Å². The number of rotatable bonds is 3. The first-order chi connectivity index (χ1) is 10.2. The maximum atomic E-state index is 6.20. The highest BCUT2D eigenvalue weighted by Crippen LogP contribution is 2.42. The minimum Gasteiger partial charge on any atom is -0.249 e. The van der Waals surface area contributed by atoms with Gasteiger partial charge in [-0.15, -0.1) is 0 Å². The van der Waals surface area contributed by atoms with Gasteiger partial charge in [0.2, 0.25) is 0 Å². The Bertz CT molecular complexity index is 729. The van der Waals surface area contributed by atoms with E-state index in [-0.39, 0.29) is 0 Å². The third-order valence-electron chi connectivity index (χ3n) is 3.31. The second kappa shape index (κ2) is 6.23. The Morgan fingerprint density at radius 3 is 1.67 bits per heavy atom. The highest BCUT2D eigenvalue weighted by Gasteiger charge is 2.24. The fourth-order valence-electron chi connectivity index (χ4n) is 2.28. The van der Waals surface area contributed by atoms with Crippen LogP contribution in [0.4, 0.5) is 0 Å². The summed E-state index contributed by atoms with van der Waals surface area (Å²) in [5, 5.41) is 3.49. The highest BCUT2D eigenvalue weighted by molar-refractivity contribution is 9.10. The molecule has 1 heterocycles. The van der Waals surface area contributed by atoms with E-state index in [1.54, 1.807) is 0 Å². The van der Waals surface area contributed by atoms with Gasteiger partial charge in [-0.25, -0.2) is 4.98 Å². The molecule has 0 spiro atoms. The van der Waals surface area contributed by atoms with Gasteiger partial charge in [-0.2, -0.15) is 0 Å². The molecule has 0 aliphatic heterocycles. The molecule has 0 bridgehead atoms. The van der Waals surface area contributed by atoms with Gasteiger partial charge in [-0.3, -0.25) is 0 Å². The summed E-state index contributed by atoms with van der Waals surface area (Å²) in [5.74, 6) is 0. The second-order valence-corrected chi connectivity index (χ2v) is 9.84. The molecule has 0 fully saturated rings. The SMILES string of the molecule is S=P(c1ccccc1)(c1ccccc1)c1ccc(Br)nc1. The lowest BCUT2D eigenvalue weighted by Gasteiger charge is -2.23. The molecule has 3 rings (SSSR count). The second-order valence-electron chi connectivity index (χ2n) is 4.62. The maximum Gasteiger partial charge on any atom is 0.106 e. The molecular formula is C17H13BrNPS. The van der Waals surface area contributed by atoms with Crippen LogP contribution in [-0.2, 0) is 11.8 Å². The van der Waals surface area contributed by atoms with E-state index in [0.717, 1.165) is 9.91 Å². The Hall–Kier alpha value is -1.28. The molecule has 4 heteroatoms. The zero-order chi connectivity index (χ0) is 14.7. The first-order valence-electron chi connectivity index (χ1n) is 6.54. The lowest BCUT2D eigenvalue weighted by molar-refractivity contribution is 1.30. The van der Waals surface area contributed by atoms with Crippen molar-refractivity contribution in [2.24, 2.45) is 0 Å². The van der Waals surface area contributed by atoms with Gasteiger partial charge in [0.25, 0.3) is 0 Å². The molecule has 0 aliphatic carbocycles. The van der Waals surface area contributed by atoms with Crippen LogP contribution in [0.3, 0.4) is 0 Å². The number of nitrogens with zero attached hydrogens (tertiary/aromatic N) is 1. The number of halogens is 1. The first kappa shape index (κ1) is 14.6. The van der Waals surface area contributed by atoms with Crippen molar-refractivity contribution >= 4 is 49.7 Å². The summed E-state index contributed by atoms with van der Waals surface area (Å²) >= 11 is 9.59. The summed E-state index contributed by atoms with van der Waals surface area (Å²) in [5.41, 5.74) is 0. The van der Waals surface area contributed by atoms with E-state index >= 15 is 0 Å². The van der Waals surface area contributed by atoms with Crippen molar-refractivity contribution in [2.75, 3.05) is 0 Å². The van der Waals surface area contributed by atoms with Crippen molar-refractivity contribution in [1.82, 2.24) is 4.98 Å². The standard InChI is InChI=1S/C17H13BrNPS/c18-17-12-11-16(13-19-17)20(21,14-7-3-1-4-8-14)15-9-5-2-6-10-15/h1-13H. The van der Waals surface area contributed by atoms with Crippen LogP contribution in [0.1, 0.15) is 0 Å². The van der Waals surface area contributed by atoms with E-state index < -0.39 is 6.04 Å². The Morgan fingerprint density at radius 1 is 0.714 bits per heavy atom. The van der Waals surface area contributed by atoms with Gasteiger partial charge in [0.15, 0.2) is 0 Å². The molecule has 0 radical (unpaired) electrons. The zero-order valence-corrected chi connectivity index (χ0v) is 14.5. The van der Waals surface area contributed by atoms with Gasteiger partial charge in [-0.1, -0.05) is 72.5 Å². The largest absolute Gasteiger partial charge is 0.249 e. The van der Waals surface area contributed by atoms with Crippen LogP contribution in [0.5, 0.6) is 0 Å². The van der Waals surface area contributed by atoms with Gasteiger partial charge in [-0.05, 0) is 38.7 Å². The Balaban J connectivity index is 2.26. The molecule has 21 heavy (non-hydrogen) atoms. The third-order valence-corrected chi connectivity index (χ3v) is 8.72. The van der Waals surface area contributed by atoms with Gasteiger partial charge < -0.3 is 0 Å². The average Bonchev–Trinajstić information content (AvgIpc) is 2.56. The van der Waals surface area contributed by atoms with Crippen LogP contribution >= 0.6 is 22.0 Å². The third kappa shape index (κ3) is 2.87. The Labute approximate surface area is 138 Å². The van der Waals surface area contributed by atoms with E-state index in [4.69, 9.17) is 11.8 Å². The number of hydrogen-bond acceptors (Lipinski definition) is 2. The molecule has 0 atom stereocenters. The minimum atomic E-state index is -2.05. The van der Waals surface area contributed by atoms with Crippen molar-refractivity contribution in [2.45, 2.75) is 0 Å². The van der Waals surface area contributed by atoms with E-state index in [1.165, 1.54) is 10.6 Å². The lowest BCUT2D eigenvalue weighted by Crippen LogP contribution is -2.24. The molecule has 1 nitrogen and oxygen atoms in total. The number of hydrogen-bond donors (Lipinski definition) is 0. The summed E-state index contributed by atoms with van der Waals surface area (Å²) in [6.07, 6.45) is 1.89. The molecule has 0 saturated carbocycles. The summed E-state index contributed by atoms with van der Waals surface area (Å²) in [4.78, 5) is 4.37. The predicted octanol–water partition coefficient (Wildman–Crippen LogP) is 3.60. The molecule has 104 valence electrons. The number of pyridine rings is 1. The molecule has 2 aromatic carbocycles. The topological polar surface area (TPSA) is 12.9 Å². The maximum absolute atomic E-state index is 6.20. The van der Waals surface area contributed by atoms with Crippen molar-refractivity contribution in [1.29, 1.82) is 0 Å². The van der Waals surface area contributed by atoms with Gasteiger partial charge in [0.05, 0.1) is 0 Å². The zero-order valence-electron chi connectivity index (χ0n) is 11.2. The van der Waals surface area contributed by atoms with Gasteiger partial charge in [0, 0.05) is 17.5 Å². The molecule has 0 saturated heterocycles. The van der Waals surface area contributed by atoms with E-state index in [9.17, 15) is 0 Å². The first-order valence-corrected chi connectivity index (χ1v) is 10.1. The van der Waals surface area contributed by atoms with Crippen molar-refractivity contribution in [3.05, 3.63) is 83.6 Å². The molecule has 0 N–H and O–H groups in total. The van der Waals surface area contributed by atoms with Crippen LogP contribution in [0.15, 0.2) is 83.6 Å². The summed E-state index contributed by atoms with van der Waals surface area (Å²) in [6, 6.07) is 22.7. The van der Waals surface area contributed by atoms with Crippen molar-refractivity contribution < 1.29 is 0 Å². The summed E-state index contributed by atoms with van der Waals surface area (Å²) < 4.78 is 0.828. The Morgan fingerprint density at radius 2 is 1.24 bits per heavy atom. The average molecular weight is 374 g/mol. The van der Waals surface area contributed by atoms with E-state index in [1.807, 2.05) is 48.7 Å². The van der Waals surface area contributed by atoms with Crippen LogP contribution in [0, 0.1) is 0 Å².